The third kappa shape index (κ3) is 2.45. The van der Waals surface area contributed by atoms with Crippen LogP contribution < -0.4 is 5.43 Å². The normalized spacial score (nSPS) is 10.3. The molecule has 2 aromatic heterocycles. The molecule has 0 unspecified atom stereocenters. The highest BCUT2D eigenvalue weighted by Crippen LogP contribution is 2.23. The monoisotopic (exact) mass is 249 g/mol. The van der Waals surface area contributed by atoms with Gasteiger partial charge >= 0.3 is 0 Å². The molecule has 0 aliphatic carbocycles. The molecular weight excluding hydrogens is 238 g/mol. The van der Waals surface area contributed by atoms with Crippen LogP contribution in [0.4, 0.5) is 0 Å². The van der Waals surface area contributed by atoms with Crippen LogP contribution in [0.1, 0.15) is 0 Å². The molecule has 0 aliphatic rings. The maximum Gasteiger partial charge on any atom is 0.186 e. The summed E-state index contributed by atoms with van der Waals surface area (Å²) in [5, 5.41) is 0. The Labute approximate surface area is 110 Å². The average molecular weight is 249 g/mol. The number of pyridine rings is 1. The highest BCUT2D eigenvalue weighted by atomic mass is 16.3. The fourth-order valence-corrected chi connectivity index (χ4v) is 1.86. The fraction of sp³-hybridized carbons (Fsp3) is 0. The second kappa shape index (κ2) is 4.90. The number of hydrogen-bond donors (Lipinski definition) is 0. The van der Waals surface area contributed by atoms with Gasteiger partial charge in [0.1, 0.15) is 11.5 Å². The molecule has 0 saturated carbocycles. The van der Waals surface area contributed by atoms with E-state index in [1.807, 2.05) is 48.5 Å². The van der Waals surface area contributed by atoms with Crippen molar-refractivity contribution in [3.05, 3.63) is 77.1 Å². The van der Waals surface area contributed by atoms with E-state index in [9.17, 15) is 4.79 Å². The molecule has 0 radical (unpaired) electrons. The SMILES string of the molecule is O=c1cc(-c2ccccc2)oc(-c2ccccn2)c1. The van der Waals surface area contributed by atoms with Crippen molar-refractivity contribution in [2.45, 2.75) is 0 Å². The van der Waals surface area contributed by atoms with Crippen LogP contribution in [0.5, 0.6) is 0 Å². The third-order valence-corrected chi connectivity index (χ3v) is 2.74. The first-order chi connectivity index (χ1) is 9.33. The van der Waals surface area contributed by atoms with Crippen LogP contribution in [0.15, 0.2) is 76.1 Å². The predicted molar refractivity (Wildman–Crippen MR) is 73.6 cm³/mol. The van der Waals surface area contributed by atoms with Gasteiger partial charge in [0.25, 0.3) is 0 Å². The quantitative estimate of drug-likeness (QED) is 0.699. The lowest BCUT2D eigenvalue weighted by molar-refractivity contribution is 0.578. The Morgan fingerprint density at radius 3 is 2.32 bits per heavy atom. The Morgan fingerprint density at radius 2 is 1.58 bits per heavy atom. The minimum atomic E-state index is -0.0919. The third-order valence-electron chi connectivity index (χ3n) is 2.74. The summed E-state index contributed by atoms with van der Waals surface area (Å²) < 4.78 is 5.77. The highest BCUT2D eigenvalue weighted by molar-refractivity contribution is 5.60. The van der Waals surface area contributed by atoms with Crippen LogP contribution >= 0.6 is 0 Å². The number of benzene rings is 1. The second-order valence-electron chi connectivity index (χ2n) is 4.10. The van der Waals surface area contributed by atoms with E-state index in [2.05, 4.69) is 4.98 Å². The summed E-state index contributed by atoms with van der Waals surface area (Å²) in [6, 6.07) is 18.0. The van der Waals surface area contributed by atoms with Crippen LogP contribution in [-0.2, 0) is 0 Å². The van der Waals surface area contributed by atoms with E-state index >= 15 is 0 Å². The molecule has 3 rings (SSSR count). The van der Waals surface area contributed by atoms with Crippen molar-refractivity contribution >= 4 is 0 Å². The lowest BCUT2D eigenvalue weighted by Gasteiger charge is -2.04. The summed E-state index contributed by atoms with van der Waals surface area (Å²) in [6.45, 7) is 0. The van der Waals surface area contributed by atoms with Gasteiger partial charge in [-0.1, -0.05) is 36.4 Å². The smallest absolute Gasteiger partial charge is 0.186 e. The van der Waals surface area contributed by atoms with E-state index in [0.717, 1.165) is 5.56 Å². The Kier molecular flexibility index (Phi) is 2.94. The van der Waals surface area contributed by atoms with E-state index in [1.54, 1.807) is 6.20 Å². The molecule has 3 aromatic rings. The summed E-state index contributed by atoms with van der Waals surface area (Å²) in [5.74, 6) is 1.03. The van der Waals surface area contributed by atoms with Crippen LogP contribution in [0.3, 0.4) is 0 Å². The summed E-state index contributed by atoms with van der Waals surface area (Å²) in [6.07, 6.45) is 1.67. The lowest BCUT2D eigenvalue weighted by atomic mass is 10.1. The number of aromatic nitrogens is 1. The molecule has 3 heteroatoms. The summed E-state index contributed by atoms with van der Waals surface area (Å²) in [5.41, 5.74) is 1.43. The maximum atomic E-state index is 11.8. The zero-order valence-electron chi connectivity index (χ0n) is 10.1. The van der Waals surface area contributed by atoms with E-state index in [4.69, 9.17) is 4.42 Å². The first-order valence-corrected chi connectivity index (χ1v) is 5.95. The minimum Gasteiger partial charge on any atom is -0.454 e. The standard InChI is InChI=1S/C16H11NO2/c18-13-10-15(12-6-2-1-3-7-12)19-16(11-13)14-8-4-5-9-17-14/h1-11H. The van der Waals surface area contributed by atoms with Crippen molar-refractivity contribution in [3.63, 3.8) is 0 Å². The molecule has 0 amide bonds. The molecule has 0 atom stereocenters. The Bertz CT molecular complexity index is 673. The molecule has 92 valence electrons. The van der Waals surface area contributed by atoms with Crippen molar-refractivity contribution in [2.24, 2.45) is 0 Å². The van der Waals surface area contributed by atoms with Crippen molar-refractivity contribution in [3.8, 4) is 22.8 Å². The molecule has 3 nitrogen and oxygen atoms in total. The first kappa shape index (κ1) is 11.4. The molecule has 0 spiro atoms. The van der Waals surface area contributed by atoms with E-state index < -0.39 is 0 Å². The van der Waals surface area contributed by atoms with Gasteiger partial charge in [-0.25, -0.2) is 0 Å². The number of nitrogens with zero attached hydrogens (tertiary/aromatic N) is 1. The second-order valence-corrected chi connectivity index (χ2v) is 4.10. The van der Waals surface area contributed by atoms with Gasteiger partial charge in [-0.05, 0) is 12.1 Å². The van der Waals surface area contributed by atoms with Gasteiger partial charge in [-0.3, -0.25) is 9.78 Å². The first-order valence-electron chi connectivity index (χ1n) is 5.95. The molecule has 0 N–H and O–H groups in total. The zero-order chi connectivity index (χ0) is 13.1. The van der Waals surface area contributed by atoms with Crippen LogP contribution in [0, 0.1) is 0 Å². The highest BCUT2D eigenvalue weighted by Gasteiger charge is 2.07. The van der Waals surface area contributed by atoms with Crippen LogP contribution in [0.25, 0.3) is 22.8 Å². The number of hydrogen-bond acceptors (Lipinski definition) is 3. The van der Waals surface area contributed by atoms with Crippen molar-refractivity contribution in [2.75, 3.05) is 0 Å². The van der Waals surface area contributed by atoms with E-state index in [0.29, 0.717) is 17.2 Å². The topological polar surface area (TPSA) is 43.1 Å². The van der Waals surface area contributed by atoms with Gasteiger partial charge in [-0.2, -0.15) is 0 Å². The summed E-state index contributed by atoms with van der Waals surface area (Å²) in [4.78, 5) is 16.0. The molecule has 0 fully saturated rings. The van der Waals surface area contributed by atoms with Crippen LogP contribution in [-0.4, -0.2) is 4.98 Å². The Hall–Kier alpha value is -2.68. The molecule has 19 heavy (non-hydrogen) atoms. The van der Waals surface area contributed by atoms with Gasteiger partial charge in [0.15, 0.2) is 11.2 Å². The summed E-state index contributed by atoms with van der Waals surface area (Å²) in [7, 11) is 0. The van der Waals surface area contributed by atoms with E-state index in [1.165, 1.54) is 12.1 Å². The van der Waals surface area contributed by atoms with Gasteiger partial charge in [-0.15, -0.1) is 0 Å². The Morgan fingerprint density at radius 1 is 0.842 bits per heavy atom. The Balaban J connectivity index is 2.15. The molecule has 2 heterocycles. The van der Waals surface area contributed by atoms with E-state index in [-0.39, 0.29) is 5.43 Å². The molecule has 1 aromatic carbocycles. The molecule has 0 saturated heterocycles. The molecule has 0 bridgehead atoms. The maximum absolute atomic E-state index is 11.8. The minimum absolute atomic E-state index is 0.0919. The summed E-state index contributed by atoms with van der Waals surface area (Å²) >= 11 is 0. The van der Waals surface area contributed by atoms with Crippen LogP contribution in [0.2, 0.25) is 0 Å². The van der Waals surface area contributed by atoms with Gasteiger partial charge in [0.05, 0.1) is 0 Å². The lowest BCUT2D eigenvalue weighted by Crippen LogP contribution is -1.99. The zero-order valence-corrected chi connectivity index (χ0v) is 10.1. The van der Waals surface area contributed by atoms with Gasteiger partial charge in [0.2, 0.25) is 0 Å². The predicted octanol–water partition coefficient (Wildman–Crippen LogP) is 3.37. The van der Waals surface area contributed by atoms with Crippen molar-refractivity contribution in [1.82, 2.24) is 4.98 Å². The van der Waals surface area contributed by atoms with Crippen molar-refractivity contribution in [1.29, 1.82) is 0 Å². The largest absolute Gasteiger partial charge is 0.454 e. The molecular formula is C16H11NO2. The van der Waals surface area contributed by atoms with Gasteiger partial charge < -0.3 is 4.42 Å². The number of rotatable bonds is 2. The van der Waals surface area contributed by atoms with Crippen molar-refractivity contribution < 1.29 is 4.42 Å². The fourth-order valence-electron chi connectivity index (χ4n) is 1.86. The van der Waals surface area contributed by atoms with Gasteiger partial charge in [0, 0.05) is 23.9 Å². The molecule has 0 aliphatic heterocycles. The average Bonchev–Trinajstić information content (AvgIpc) is 2.48.